The molecule has 0 saturated heterocycles. The van der Waals surface area contributed by atoms with E-state index in [0.717, 1.165) is 0 Å². The molecule has 0 radical (unpaired) electrons. The highest BCUT2D eigenvalue weighted by atomic mass is 32.2. The van der Waals surface area contributed by atoms with Crippen LogP contribution >= 0.6 is 0 Å². The molecule has 1 rings (SSSR count). The number of benzene rings is 1. The number of rotatable bonds is 7. The van der Waals surface area contributed by atoms with E-state index in [0.29, 0.717) is 17.9 Å². The molecule has 0 aliphatic heterocycles. The van der Waals surface area contributed by atoms with Gasteiger partial charge in [0.05, 0.1) is 4.92 Å². The van der Waals surface area contributed by atoms with Crippen molar-refractivity contribution in [1.29, 1.82) is 0 Å². The fourth-order valence-electron chi connectivity index (χ4n) is 1.87. The van der Waals surface area contributed by atoms with Crippen molar-refractivity contribution >= 4 is 28.1 Å². The predicted octanol–water partition coefficient (Wildman–Crippen LogP) is 1.52. The van der Waals surface area contributed by atoms with E-state index in [1.54, 1.807) is 20.1 Å². The van der Waals surface area contributed by atoms with Crippen LogP contribution in [0, 0.1) is 10.1 Å². The van der Waals surface area contributed by atoms with Gasteiger partial charge in [0.2, 0.25) is 0 Å². The van der Waals surface area contributed by atoms with Crippen molar-refractivity contribution in [3.8, 4) is 0 Å². The van der Waals surface area contributed by atoms with Gasteiger partial charge >= 0.3 is 0 Å². The number of carbonyl (C=O) groups excluding carboxylic acids is 1. The number of anilines is 1. The molecule has 0 aliphatic carbocycles. The molecule has 1 amide bonds. The first-order valence-electron chi connectivity index (χ1n) is 6.48. The zero-order chi connectivity index (χ0) is 16.0. The summed E-state index contributed by atoms with van der Waals surface area (Å²) in [4.78, 5) is 22.3. The number of carbonyl (C=O) groups is 1. The molecule has 0 saturated carbocycles. The molecule has 2 atom stereocenters. The summed E-state index contributed by atoms with van der Waals surface area (Å²) in [6, 6.07) is 3.94. The number of hydrogen-bond donors (Lipinski definition) is 2. The Labute approximate surface area is 125 Å². The largest absolute Gasteiger partial charge is 0.376 e. The lowest BCUT2D eigenvalue weighted by Crippen LogP contribution is -2.25. The first-order valence-corrected chi connectivity index (χ1v) is 8.21. The molecule has 7 nitrogen and oxygen atoms in total. The summed E-state index contributed by atoms with van der Waals surface area (Å²) in [6.45, 7) is 4.05. The van der Waals surface area contributed by atoms with E-state index < -0.39 is 15.7 Å². The Kier molecular flexibility index (Phi) is 6.29. The van der Waals surface area contributed by atoms with E-state index in [1.807, 2.05) is 0 Å². The molecule has 0 aromatic heterocycles. The third-order valence-electron chi connectivity index (χ3n) is 2.68. The van der Waals surface area contributed by atoms with Crippen LogP contribution < -0.4 is 10.6 Å². The lowest BCUT2D eigenvalue weighted by Gasteiger charge is -2.14. The lowest BCUT2D eigenvalue weighted by atomic mass is 10.1. The summed E-state index contributed by atoms with van der Waals surface area (Å²) < 4.78 is 11.2. The van der Waals surface area contributed by atoms with Crippen molar-refractivity contribution in [2.75, 3.05) is 23.9 Å². The van der Waals surface area contributed by atoms with Gasteiger partial charge in [-0.15, -0.1) is 0 Å². The quantitative estimate of drug-likeness (QED) is 0.587. The number of hydrogen-bond acceptors (Lipinski definition) is 5. The van der Waals surface area contributed by atoms with Gasteiger partial charge in [0.1, 0.15) is 5.69 Å². The van der Waals surface area contributed by atoms with Crippen LogP contribution in [-0.4, -0.2) is 39.6 Å². The van der Waals surface area contributed by atoms with Crippen LogP contribution in [0.1, 0.15) is 24.2 Å². The Morgan fingerprint density at radius 1 is 1.48 bits per heavy atom. The molecule has 8 heteroatoms. The van der Waals surface area contributed by atoms with E-state index in [-0.39, 0.29) is 23.3 Å². The number of nitro benzene ring substituents is 1. The summed E-state index contributed by atoms with van der Waals surface area (Å²) in [7, 11) is -1.02. The van der Waals surface area contributed by atoms with Crippen LogP contribution in [0.2, 0.25) is 0 Å². The molecule has 116 valence electrons. The van der Waals surface area contributed by atoms with E-state index in [1.165, 1.54) is 18.2 Å². The smallest absolute Gasteiger partial charge is 0.292 e. The van der Waals surface area contributed by atoms with Gasteiger partial charge in [-0.1, -0.05) is 0 Å². The minimum Gasteiger partial charge on any atom is -0.376 e. The lowest BCUT2D eigenvalue weighted by molar-refractivity contribution is -0.384. The molecule has 0 heterocycles. The molecule has 1 aromatic carbocycles. The minimum atomic E-state index is -1.02. The molecular formula is C13H19N3O4S. The Morgan fingerprint density at radius 3 is 2.67 bits per heavy atom. The third kappa shape index (κ3) is 5.14. The van der Waals surface area contributed by atoms with Crippen LogP contribution in [0.25, 0.3) is 0 Å². The SMILES string of the molecule is CCNC(=O)c1ccc([N+](=O)[O-])c(NC(C)CS(C)=O)c1. The Bertz CT molecular complexity index is 562. The highest BCUT2D eigenvalue weighted by Gasteiger charge is 2.18. The average molecular weight is 313 g/mol. The second-order valence-corrected chi connectivity index (χ2v) is 6.11. The zero-order valence-corrected chi connectivity index (χ0v) is 13.0. The van der Waals surface area contributed by atoms with Crippen LogP contribution in [0.4, 0.5) is 11.4 Å². The number of nitro groups is 1. The van der Waals surface area contributed by atoms with Gasteiger partial charge < -0.3 is 10.6 Å². The molecular weight excluding hydrogens is 294 g/mol. The van der Waals surface area contributed by atoms with Crippen molar-refractivity contribution in [2.45, 2.75) is 19.9 Å². The minimum absolute atomic E-state index is 0.114. The topological polar surface area (TPSA) is 101 Å². The number of amides is 1. The highest BCUT2D eigenvalue weighted by molar-refractivity contribution is 7.84. The monoisotopic (exact) mass is 313 g/mol. The van der Waals surface area contributed by atoms with Gasteiger partial charge in [-0.25, -0.2) is 0 Å². The molecule has 1 aromatic rings. The van der Waals surface area contributed by atoms with Gasteiger partial charge in [0.15, 0.2) is 0 Å². The summed E-state index contributed by atoms with van der Waals surface area (Å²) >= 11 is 0. The third-order valence-corrected chi connectivity index (χ3v) is 3.65. The maximum absolute atomic E-state index is 11.8. The zero-order valence-electron chi connectivity index (χ0n) is 12.2. The maximum atomic E-state index is 11.8. The van der Waals surface area contributed by atoms with Crippen molar-refractivity contribution in [3.63, 3.8) is 0 Å². The Balaban J connectivity index is 3.06. The van der Waals surface area contributed by atoms with Crippen LogP contribution in [-0.2, 0) is 10.8 Å². The van der Waals surface area contributed by atoms with Gasteiger partial charge in [-0.05, 0) is 26.0 Å². The summed E-state index contributed by atoms with van der Waals surface area (Å²) in [5.74, 6) is 0.0740. The van der Waals surface area contributed by atoms with Crippen molar-refractivity contribution in [3.05, 3.63) is 33.9 Å². The van der Waals surface area contributed by atoms with Gasteiger partial charge in [0.25, 0.3) is 11.6 Å². The molecule has 0 fully saturated rings. The van der Waals surface area contributed by atoms with E-state index in [4.69, 9.17) is 0 Å². The summed E-state index contributed by atoms with van der Waals surface area (Å²) in [5.41, 5.74) is 0.480. The Hall–Kier alpha value is -1.96. The summed E-state index contributed by atoms with van der Waals surface area (Å²) in [6.07, 6.45) is 1.57. The second kappa shape index (κ2) is 7.72. The fourth-order valence-corrected chi connectivity index (χ4v) is 2.66. The Morgan fingerprint density at radius 2 is 2.14 bits per heavy atom. The number of nitrogens with one attached hydrogen (secondary N) is 2. The van der Waals surface area contributed by atoms with Crippen molar-refractivity contribution in [2.24, 2.45) is 0 Å². The molecule has 2 N–H and O–H groups in total. The molecule has 2 unspecified atom stereocenters. The van der Waals surface area contributed by atoms with Crippen LogP contribution in [0.15, 0.2) is 18.2 Å². The maximum Gasteiger partial charge on any atom is 0.292 e. The second-order valence-electron chi connectivity index (χ2n) is 4.63. The standard InChI is InChI=1S/C13H19N3O4S/c1-4-14-13(17)10-5-6-12(16(18)19)11(7-10)15-9(2)8-21(3)20/h5-7,9,15H,4,8H2,1-3H3,(H,14,17). The fraction of sp³-hybridized carbons (Fsp3) is 0.462. The van der Waals surface area contributed by atoms with Crippen molar-refractivity contribution in [1.82, 2.24) is 5.32 Å². The molecule has 21 heavy (non-hydrogen) atoms. The van der Waals surface area contributed by atoms with Crippen LogP contribution in [0.3, 0.4) is 0 Å². The molecule has 0 bridgehead atoms. The molecule has 0 aliphatic rings. The van der Waals surface area contributed by atoms with E-state index in [9.17, 15) is 19.1 Å². The molecule has 0 spiro atoms. The summed E-state index contributed by atoms with van der Waals surface area (Å²) in [5, 5.41) is 16.6. The number of nitrogens with zero attached hydrogens (tertiary/aromatic N) is 1. The van der Waals surface area contributed by atoms with Crippen molar-refractivity contribution < 1.29 is 13.9 Å². The first-order chi connectivity index (χ1) is 9.85. The van der Waals surface area contributed by atoms with E-state index in [2.05, 4.69) is 10.6 Å². The highest BCUT2D eigenvalue weighted by Crippen LogP contribution is 2.26. The van der Waals surface area contributed by atoms with Gasteiger partial charge in [-0.2, -0.15) is 0 Å². The van der Waals surface area contributed by atoms with E-state index >= 15 is 0 Å². The van der Waals surface area contributed by atoms with Gasteiger partial charge in [-0.3, -0.25) is 19.1 Å². The average Bonchev–Trinajstić information content (AvgIpc) is 2.37. The van der Waals surface area contributed by atoms with Gasteiger partial charge in [0, 0.05) is 47.0 Å². The first kappa shape index (κ1) is 17.1. The van der Waals surface area contributed by atoms with Crippen LogP contribution in [0.5, 0.6) is 0 Å². The normalized spacial score (nSPS) is 13.3. The predicted molar refractivity (Wildman–Crippen MR) is 83.1 cm³/mol.